The fourth-order valence-electron chi connectivity index (χ4n) is 4.02. The Hall–Kier alpha value is -1.90. The van der Waals surface area contributed by atoms with E-state index in [1.807, 2.05) is 6.08 Å². The molecule has 1 unspecified atom stereocenters. The summed E-state index contributed by atoms with van der Waals surface area (Å²) >= 11 is 0. The van der Waals surface area contributed by atoms with E-state index in [9.17, 15) is 0 Å². The number of benzene rings is 2. The molecule has 0 amide bonds. The zero-order chi connectivity index (χ0) is 17.6. The highest BCUT2D eigenvalue weighted by atomic mass is 15.3. The molecule has 1 saturated heterocycles. The Morgan fingerprint density at radius 2 is 1.60 bits per heavy atom. The van der Waals surface area contributed by atoms with Crippen LogP contribution in [0.4, 0.5) is 0 Å². The van der Waals surface area contributed by atoms with Crippen molar-refractivity contribution in [3.63, 3.8) is 0 Å². The van der Waals surface area contributed by atoms with Crippen LogP contribution in [0.1, 0.15) is 31.0 Å². The van der Waals surface area contributed by atoms with E-state index < -0.39 is 0 Å². The zero-order valence-electron chi connectivity index (χ0n) is 15.5. The van der Waals surface area contributed by atoms with Crippen molar-refractivity contribution in [1.29, 1.82) is 0 Å². The van der Waals surface area contributed by atoms with Gasteiger partial charge in [-0.15, -0.1) is 6.58 Å². The first-order valence-corrected chi connectivity index (χ1v) is 9.38. The summed E-state index contributed by atoms with van der Waals surface area (Å²) in [5.74, 6) is 0. The van der Waals surface area contributed by atoms with Gasteiger partial charge in [-0.2, -0.15) is 0 Å². The van der Waals surface area contributed by atoms with Crippen LogP contribution in [0, 0.1) is 0 Å². The van der Waals surface area contributed by atoms with Gasteiger partial charge in [-0.1, -0.05) is 66.7 Å². The SMILES string of the molecule is C=CCN1C[C@@H](C)N(C(Cc2ccccc2)c2ccccc2)C[C@H]1C. The Morgan fingerprint density at radius 1 is 0.960 bits per heavy atom. The fourth-order valence-corrected chi connectivity index (χ4v) is 4.02. The summed E-state index contributed by atoms with van der Waals surface area (Å²) in [6.45, 7) is 11.8. The molecule has 0 radical (unpaired) electrons. The number of hydrogen-bond donors (Lipinski definition) is 0. The highest BCUT2D eigenvalue weighted by molar-refractivity contribution is 5.24. The van der Waals surface area contributed by atoms with Gasteiger partial charge in [0.05, 0.1) is 0 Å². The first kappa shape index (κ1) is 17.9. The van der Waals surface area contributed by atoms with Crippen molar-refractivity contribution in [3.05, 3.63) is 84.4 Å². The van der Waals surface area contributed by atoms with Crippen LogP contribution in [0.5, 0.6) is 0 Å². The second-order valence-corrected chi connectivity index (χ2v) is 7.25. The number of hydrogen-bond acceptors (Lipinski definition) is 2. The summed E-state index contributed by atoms with van der Waals surface area (Å²) in [6.07, 6.45) is 3.08. The van der Waals surface area contributed by atoms with E-state index in [4.69, 9.17) is 0 Å². The van der Waals surface area contributed by atoms with Gasteiger partial charge in [0.2, 0.25) is 0 Å². The van der Waals surface area contributed by atoms with Crippen LogP contribution in [0.15, 0.2) is 73.3 Å². The Kier molecular flexibility index (Phi) is 6.06. The maximum Gasteiger partial charge on any atom is 0.0392 e. The third-order valence-electron chi connectivity index (χ3n) is 5.38. The molecule has 0 aromatic heterocycles. The molecule has 1 fully saturated rings. The van der Waals surface area contributed by atoms with Gasteiger partial charge in [0.1, 0.15) is 0 Å². The molecular weight excluding hydrogens is 304 g/mol. The van der Waals surface area contributed by atoms with E-state index in [0.29, 0.717) is 18.1 Å². The van der Waals surface area contributed by atoms with E-state index in [1.165, 1.54) is 11.1 Å². The molecule has 2 aromatic carbocycles. The normalized spacial score (nSPS) is 23.3. The molecule has 25 heavy (non-hydrogen) atoms. The number of rotatable bonds is 6. The minimum atomic E-state index is 0.423. The van der Waals surface area contributed by atoms with Crippen LogP contribution < -0.4 is 0 Å². The summed E-state index contributed by atoms with van der Waals surface area (Å²) in [5, 5.41) is 0. The van der Waals surface area contributed by atoms with Gasteiger partial charge < -0.3 is 0 Å². The molecule has 2 aromatic rings. The van der Waals surface area contributed by atoms with Gasteiger partial charge >= 0.3 is 0 Å². The lowest BCUT2D eigenvalue weighted by molar-refractivity contribution is 0.0198. The summed E-state index contributed by atoms with van der Waals surface area (Å²) in [4.78, 5) is 5.24. The van der Waals surface area contributed by atoms with Crippen molar-refractivity contribution in [1.82, 2.24) is 9.80 Å². The predicted octanol–water partition coefficient (Wildman–Crippen LogP) is 4.55. The molecule has 1 aliphatic rings. The smallest absolute Gasteiger partial charge is 0.0392 e. The molecule has 132 valence electrons. The van der Waals surface area contributed by atoms with Crippen molar-refractivity contribution in [2.45, 2.75) is 38.4 Å². The lowest BCUT2D eigenvalue weighted by Crippen LogP contribution is -2.57. The largest absolute Gasteiger partial charge is 0.294 e. The van der Waals surface area contributed by atoms with E-state index in [0.717, 1.165) is 26.1 Å². The lowest BCUT2D eigenvalue weighted by Gasteiger charge is -2.47. The van der Waals surface area contributed by atoms with E-state index in [1.54, 1.807) is 0 Å². The van der Waals surface area contributed by atoms with Crippen molar-refractivity contribution in [3.8, 4) is 0 Å². The van der Waals surface area contributed by atoms with Gasteiger partial charge in [-0.25, -0.2) is 0 Å². The summed E-state index contributed by atoms with van der Waals surface area (Å²) in [5.41, 5.74) is 2.83. The third kappa shape index (κ3) is 4.39. The highest BCUT2D eigenvalue weighted by Gasteiger charge is 2.33. The molecule has 1 heterocycles. The molecule has 1 aliphatic heterocycles. The van der Waals surface area contributed by atoms with Gasteiger partial charge in [0, 0.05) is 37.8 Å². The average molecular weight is 335 g/mol. The molecule has 0 N–H and O–H groups in total. The molecule has 0 bridgehead atoms. The molecular formula is C23H30N2. The Morgan fingerprint density at radius 3 is 2.24 bits per heavy atom. The Bertz CT molecular complexity index is 652. The van der Waals surface area contributed by atoms with Gasteiger partial charge in [-0.05, 0) is 31.4 Å². The zero-order valence-corrected chi connectivity index (χ0v) is 15.5. The van der Waals surface area contributed by atoms with Gasteiger partial charge in [-0.3, -0.25) is 9.80 Å². The Labute approximate surface area is 152 Å². The van der Waals surface area contributed by atoms with E-state index >= 15 is 0 Å². The minimum Gasteiger partial charge on any atom is -0.294 e. The van der Waals surface area contributed by atoms with Crippen LogP contribution in [-0.2, 0) is 6.42 Å². The molecule has 0 spiro atoms. The Balaban J connectivity index is 1.85. The van der Waals surface area contributed by atoms with Crippen LogP contribution in [0.3, 0.4) is 0 Å². The molecule has 3 rings (SSSR count). The second kappa shape index (κ2) is 8.46. The molecule has 2 nitrogen and oxygen atoms in total. The molecule has 3 atom stereocenters. The van der Waals surface area contributed by atoms with Crippen molar-refractivity contribution < 1.29 is 0 Å². The fraction of sp³-hybridized carbons (Fsp3) is 0.391. The lowest BCUT2D eigenvalue weighted by atomic mass is 9.94. The minimum absolute atomic E-state index is 0.423. The second-order valence-electron chi connectivity index (χ2n) is 7.25. The van der Waals surface area contributed by atoms with Crippen LogP contribution in [0.2, 0.25) is 0 Å². The van der Waals surface area contributed by atoms with E-state index in [-0.39, 0.29) is 0 Å². The van der Waals surface area contributed by atoms with Crippen molar-refractivity contribution >= 4 is 0 Å². The third-order valence-corrected chi connectivity index (χ3v) is 5.38. The molecule has 0 saturated carbocycles. The summed E-state index contributed by atoms with van der Waals surface area (Å²) in [7, 11) is 0. The van der Waals surface area contributed by atoms with E-state index in [2.05, 4.69) is 90.9 Å². The molecule has 2 heteroatoms. The number of nitrogens with zero attached hydrogens (tertiary/aromatic N) is 2. The molecule has 0 aliphatic carbocycles. The van der Waals surface area contributed by atoms with Crippen LogP contribution in [0.25, 0.3) is 0 Å². The van der Waals surface area contributed by atoms with Gasteiger partial charge in [0.25, 0.3) is 0 Å². The average Bonchev–Trinajstić information content (AvgIpc) is 2.64. The van der Waals surface area contributed by atoms with Crippen molar-refractivity contribution in [2.24, 2.45) is 0 Å². The summed E-state index contributed by atoms with van der Waals surface area (Å²) in [6, 6.07) is 23.4. The van der Waals surface area contributed by atoms with Crippen LogP contribution in [-0.4, -0.2) is 41.5 Å². The standard InChI is InChI=1S/C23H30N2/c1-4-15-24-17-20(3)25(18-19(24)2)23(22-13-9-6-10-14-22)16-21-11-7-5-8-12-21/h4-14,19-20,23H,1,15-18H2,2-3H3/t19-,20-,23?/m1/s1. The maximum atomic E-state index is 3.92. The van der Waals surface area contributed by atoms with Crippen molar-refractivity contribution in [2.75, 3.05) is 19.6 Å². The quantitative estimate of drug-likeness (QED) is 0.715. The predicted molar refractivity (Wildman–Crippen MR) is 107 cm³/mol. The topological polar surface area (TPSA) is 6.48 Å². The number of piperazine rings is 1. The monoisotopic (exact) mass is 334 g/mol. The first-order chi connectivity index (χ1) is 12.2. The highest BCUT2D eigenvalue weighted by Crippen LogP contribution is 2.30. The van der Waals surface area contributed by atoms with Crippen LogP contribution >= 0.6 is 0 Å². The van der Waals surface area contributed by atoms with Gasteiger partial charge in [0.15, 0.2) is 0 Å². The summed E-state index contributed by atoms with van der Waals surface area (Å²) < 4.78 is 0. The maximum absolute atomic E-state index is 3.92. The first-order valence-electron chi connectivity index (χ1n) is 9.38.